The Morgan fingerprint density at radius 3 is 2.68 bits per heavy atom. The van der Waals surface area contributed by atoms with E-state index in [9.17, 15) is 9.18 Å². The third kappa shape index (κ3) is 2.82. The fraction of sp³-hybridized carbons (Fsp3) is 0.200. The summed E-state index contributed by atoms with van der Waals surface area (Å²) in [6, 6.07) is 12.2. The molecule has 4 nitrogen and oxygen atoms in total. The Bertz CT molecular complexity index is 983. The van der Waals surface area contributed by atoms with Crippen molar-refractivity contribution in [3.8, 4) is 5.88 Å². The van der Waals surface area contributed by atoms with E-state index in [0.717, 1.165) is 33.2 Å². The highest BCUT2D eigenvalue weighted by Gasteiger charge is 2.26. The average molecular weight is 336 g/mol. The molecule has 0 radical (unpaired) electrons. The fourth-order valence-corrected chi connectivity index (χ4v) is 3.06. The molecule has 0 saturated heterocycles. The predicted molar refractivity (Wildman–Crippen MR) is 92.9 cm³/mol. The number of amides is 1. The van der Waals surface area contributed by atoms with E-state index < -0.39 is 6.09 Å². The van der Waals surface area contributed by atoms with Crippen molar-refractivity contribution in [2.45, 2.75) is 26.9 Å². The number of fused-ring (bicyclic) bond motifs is 2. The Kier molecular flexibility index (Phi) is 3.64. The molecule has 0 fully saturated rings. The summed E-state index contributed by atoms with van der Waals surface area (Å²) in [7, 11) is 0. The van der Waals surface area contributed by atoms with Crippen LogP contribution < -0.4 is 4.74 Å². The maximum Gasteiger partial charge on any atom is 0.417 e. The van der Waals surface area contributed by atoms with Gasteiger partial charge < -0.3 is 4.74 Å². The van der Waals surface area contributed by atoms with Crippen molar-refractivity contribution in [3.63, 3.8) is 0 Å². The maximum absolute atomic E-state index is 13.0. The highest BCUT2D eigenvalue weighted by atomic mass is 19.1. The van der Waals surface area contributed by atoms with Gasteiger partial charge in [-0.05, 0) is 48.7 Å². The van der Waals surface area contributed by atoms with Gasteiger partial charge in [-0.25, -0.2) is 14.2 Å². The van der Waals surface area contributed by atoms with Gasteiger partial charge in [-0.3, -0.25) is 4.90 Å². The molecule has 1 aromatic heterocycles. The molecule has 1 amide bonds. The summed E-state index contributed by atoms with van der Waals surface area (Å²) < 4.78 is 18.5. The van der Waals surface area contributed by atoms with Crippen LogP contribution in [0, 0.1) is 19.7 Å². The van der Waals surface area contributed by atoms with Crippen LogP contribution in [0.15, 0.2) is 42.5 Å². The fourth-order valence-electron chi connectivity index (χ4n) is 3.06. The molecule has 0 N–H and O–H groups in total. The van der Waals surface area contributed by atoms with Crippen LogP contribution in [0.2, 0.25) is 0 Å². The van der Waals surface area contributed by atoms with Crippen LogP contribution in [0.1, 0.15) is 22.3 Å². The minimum absolute atomic E-state index is 0.295. The van der Waals surface area contributed by atoms with E-state index in [2.05, 4.69) is 11.1 Å². The van der Waals surface area contributed by atoms with E-state index in [-0.39, 0.29) is 5.82 Å². The first-order valence-corrected chi connectivity index (χ1v) is 8.12. The van der Waals surface area contributed by atoms with Crippen LogP contribution >= 0.6 is 0 Å². The largest absolute Gasteiger partial charge is 0.417 e. The lowest BCUT2D eigenvalue weighted by atomic mass is 10.0. The number of aryl methyl sites for hydroxylation is 2. The molecule has 25 heavy (non-hydrogen) atoms. The Labute approximate surface area is 144 Å². The van der Waals surface area contributed by atoms with Gasteiger partial charge in [0.15, 0.2) is 0 Å². The van der Waals surface area contributed by atoms with Crippen LogP contribution in [-0.2, 0) is 13.1 Å². The van der Waals surface area contributed by atoms with Gasteiger partial charge in [0.2, 0.25) is 5.88 Å². The zero-order valence-electron chi connectivity index (χ0n) is 14.0. The number of carbonyl (C=O) groups is 1. The van der Waals surface area contributed by atoms with Gasteiger partial charge in [-0.15, -0.1) is 0 Å². The molecule has 0 saturated carbocycles. The quantitative estimate of drug-likeness (QED) is 0.692. The number of halogens is 1. The number of aromatic nitrogens is 1. The summed E-state index contributed by atoms with van der Waals surface area (Å²) in [5, 5.41) is 1.03. The van der Waals surface area contributed by atoms with Crippen molar-refractivity contribution in [2.24, 2.45) is 0 Å². The van der Waals surface area contributed by atoms with E-state index in [1.165, 1.54) is 12.1 Å². The number of rotatable bonds is 2. The molecular formula is C20H17FN2O2. The van der Waals surface area contributed by atoms with E-state index in [0.29, 0.717) is 19.0 Å². The van der Waals surface area contributed by atoms with Crippen molar-refractivity contribution < 1.29 is 13.9 Å². The van der Waals surface area contributed by atoms with E-state index in [4.69, 9.17) is 4.74 Å². The van der Waals surface area contributed by atoms with Crippen LogP contribution in [0.5, 0.6) is 5.88 Å². The molecule has 0 atom stereocenters. The molecule has 5 heteroatoms. The van der Waals surface area contributed by atoms with Gasteiger partial charge in [-0.1, -0.05) is 24.3 Å². The monoisotopic (exact) mass is 336 g/mol. The lowest BCUT2D eigenvalue weighted by Gasteiger charge is -2.27. The third-order valence-electron chi connectivity index (χ3n) is 4.64. The highest BCUT2D eigenvalue weighted by Crippen LogP contribution is 2.30. The minimum Gasteiger partial charge on any atom is -0.391 e. The van der Waals surface area contributed by atoms with Crippen molar-refractivity contribution in [1.82, 2.24) is 9.88 Å². The summed E-state index contributed by atoms with van der Waals surface area (Å²) in [5.74, 6) is 0.0817. The van der Waals surface area contributed by atoms with Gasteiger partial charge in [-0.2, -0.15) is 0 Å². The summed E-state index contributed by atoms with van der Waals surface area (Å²) in [5.41, 5.74) is 4.82. The molecule has 126 valence electrons. The second-order valence-electron chi connectivity index (χ2n) is 6.38. The zero-order valence-corrected chi connectivity index (χ0v) is 14.0. The van der Waals surface area contributed by atoms with Crippen molar-refractivity contribution in [1.29, 1.82) is 0 Å². The Morgan fingerprint density at radius 2 is 1.92 bits per heavy atom. The molecule has 2 heterocycles. The van der Waals surface area contributed by atoms with Gasteiger partial charge >= 0.3 is 6.09 Å². The first-order chi connectivity index (χ1) is 12.0. The second-order valence-corrected chi connectivity index (χ2v) is 6.38. The van der Waals surface area contributed by atoms with Crippen LogP contribution in [-0.4, -0.2) is 16.0 Å². The van der Waals surface area contributed by atoms with Gasteiger partial charge in [0, 0.05) is 17.5 Å². The first-order valence-electron chi connectivity index (χ1n) is 8.12. The number of ether oxygens (including phenoxy) is 1. The van der Waals surface area contributed by atoms with Crippen molar-refractivity contribution in [2.75, 3.05) is 0 Å². The third-order valence-corrected chi connectivity index (χ3v) is 4.64. The van der Waals surface area contributed by atoms with Gasteiger partial charge in [0.1, 0.15) is 5.82 Å². The van der Waals surface area contributed by atoms with E-state index in [1.54, 1.807) is 17.0 Å². The lowest BCUT2D eigenvalue weighted by molar-refractivity contribution is 0.133. The number of pyridine rings is 1. The SMILES string of the molecule is Cc1ccc2cc3c(nc2c1C)OC(=O)N(Cc1ccc(F)cc1)C3. The maximum atomic E-state index is 13.0. The normalized spacial score (nSPS) is 13.7. The van der Waals surface area contributed by atoms with Crippen LogP contribution in [0.25, 0.3) is 10.9 Å². The molecule has 2 aromatic carbocycles. The number of carbonyl (C=O) groups excluding carboxylic acids is 1. The molecule has 0 bridgehead atoms. The number of hydrogen-bond acceptors (Lipinski definition) is 3. The molecule has 3 aromatic rings. The standard InChI is InChI=1S/C20H17FN2O2/c1-12-3-6-15-9-16-11-23(10-14-4-7-17(21)8-5-14)20(24)25-19(16)22-18(15)13(12)2/h3-9H,10-11H2,1-2H3. The van der Waals surface area contributed by atoms with E-state index in [1.807, 2.05) is 26.0 Å². The molecule has 1 aliphatic rings. The summed E-state index contributed by atoms with van der Waals surface area (Å²) in [4.78, 5) is 18.5. The first kappa shape index (κ1) is 15.6. The zero-order chi connectivity index (χ0) is 17.6. The Balaban J connectivity index is 1.67. The van der Waals surface area contributed by atoms with Crippen molar-refractivity contribution >= 4 is 17.0 Å². The predicted octanol–water partition coefficient (Wildman–Crippen LogP) is 4.51. The smallest absolute Gasteiger partial charge is 0.391 e. The Morgan fingerprint density at radius 1 is 1.16 bits per heavy atom. The molecule has 4 rings (SSSR count). The second kappa shape index (κ2) is 5.84. The molecule has 0 aliphatic carbocycles. The topological polar surface area (TPSA) is 42.4 Å². The summed E-state index contributed by atoms with van der Waals surface area (Å²) in [6.07, 6.45) is -0.436. The average Bonchev–Trinajstić information content (AvgIpc) is 2.60. The lowest BCUT2D eigenvalue weighted by Crippen LogP contribution is -2.36. The Hall–Kier alpha value is -2.95. The highest BCUT2D eigenvalue weighted by molar-refractivity contribution is 5.85. The van der Waals surface area contributed by atoms with Crippen LogP contribution in [0.4, 0.5) is 9.18 Å². The number of nitrogens with zero attached hydrogens (tertiary/aromatic N) is 2. The minimum atomic E-state index is -0.436. The van der Waals surface area contributed by atoms with Gasteiger partial charge in [0.05, 0.1) is 12.1 Å². The van der Waals surface area contributed by atoms with Crippen molar-refractivity contribution in [3.05, 3.63) is 70.5 Å². The number of hydrogen-bond donors (Lipinski definition) is 0. The number of benzene rings is 2. The molecule has 0 spiro atoms. The van der Waals surface area contributed by atoms with Gasteiger partial charge in [0.25, 0.3) is 0 Å². The molecule has 0 unspecified atom stereocenters. The summed E-state index contributed by atoms with van der Waals surface area (Å²) >= 11 is 0. The summed E-state index contributed by atoms with van der Waals surface area (Å²) in [6.45, 7) is 4.83. The molecular weight excluding hydrogens is 319 g/mol. The van der Waals surface area contributed by atoms with E-state index >= 15 is 0 Å². The van der Waals surface area contributed by atoms with Crippen LogP contribution in [0.3, 0.4) is 0 Å². The molecule has 1 aliphatic heterocycles.